The van der Waals surface area contributed by atoms with Gasteiger partial charge in [-0.15, -0.1) is 0 Å². The maximum atomic E-state index is 13.4. The van der Waals surface area contributed by atoms with E-state index >= 15 is 0 Å². The molecule has 0 aromatic heterocycles. The standard InChI is InChI=1S/C29H29N3O6S2/c1-21-9-14-24(15-10-21)32(40(36,37)26-7-5-4-6-8-26)20-29(33)30-23-12-16-25(17-13-23)39(34,35)31-27-19-22(2)11-18-28(27)38-3/h4-19,31H,20H2,1-3H3,(H,30,33). The fourth-order valence-corrected chi connectivity index (χ4v) is 6.40. The Hall–Kier alpha value is -4.35. The average molecular weight is 580 g/mol. The smallest absolute Gasteiger partial charge is 0.264 e. The van der Waals surface area contributed by atoms with Gasteiger partial charge in [0.25, 0.3) is 20.0 Å². The second-order valence-corrected chi connectivity index (χ2v) is 12.6. The number of ether oxygens (including phenoxy) is 1. The predicted molar refractivity (Wildman–Crippen MR) is 156 cm³/mol. The summed E-state index contributed by atoms with van der Waals surface area (Å²) >= 11 is 0. The van der Waals surface area contributed by atoms with Crippen molar-refractivity contribution in [1.29, 1.82) is 0 Å². The van der Waals surface area contributed by atoms with Crippen molar-refractivity contribution in [3.05, 3.63) is 108 Å². The van der Waals surface area contributed by atoms with Crippen LogP contribution in [-0.2, 0) is 24.8 Å². The van der Waals surface area contributed by atoms with Crippen LogP contribution in [0.25, 0.3) is 0 Å². The number of amides is 1. The lowest BCUT2D eigenvalue weighted by Crippen LogP contribution is -2.38. The molecule has 0 bridgehead atoms. The minimum atomic E-state index is -4.04. The Labute approximate surface area is 234 Å². The van der Waals surface area contributed by atoms with Gasteiger partial charge in [-0.1, -0.05) is 42.0 Å². The maximum absolute atomic E-state index is 13.4. The third-order valence-electron chi connectivity index (χ3n) is 5.99. The number of benzene rings is 4. The second-order valence-electron chi connectivity index (χ2n) is 9.04. The summed E-state index contributed by atoms with van der Waals surface area (Å²) in [4.78, 5) is 13.0. The Morgan fingerprint density at radius 1 is 0.775 bits per heavy atom. The average Bonchev–Trinajstić information content (AvgIpc) is 2.93. The van der Waals surface area contributed by atoms with Gasteiger partial charge in [0.15, 0.2) is 0 Å². The molecule has 0 heterocycles. The lowest BCUT2D eigenvalue weighted by molar-refractivity contribution is -0.114. The van der Waals surface area contributed by atoms with Gasteiger partial charge < -0.3 is 10.1 Å². The van der Waals surface area contributed by atoms with E-state index in [-0.39, 0.29) is 9.79 Å². The number of rotatable bonds is 10. The highest BCUT2D eigenvalue weighted by Gasteiger charge is 2.27. The van der Waals surface area contributed by atoms with Crippen LogP contribution in [0.4, 0.5) is 17.1 Å². The summed E-state index contributed by atoms with van der Waals surface area (Å²) in [5.41, 5.74) is 2.73. The van der Waals surface area contributed by atoms with E-state index in [1.54, 1.807) is 60.7 Å². The van der Waals surface area contributed by atoms with Crippen LogP contribution in [0.15, 0.2) is 107 Å². The second kappa shape index (κ2) is 11.8. The van der Waals surface area contributed by atoms with Crippen LogP contribution in [0.5, 0.6) is 5.75 Å². The zero-order chi connectivity index (χ0) is 28.9. The quantitative estimate of drug-likeness (QED) is 0.274. The van der Waals surface area contributed by atoms with Crippen LogP contribution in [0.3, 0.4) is 0 Å². The predicted octanol–water partition coefficient (Wildman–Crippen LogP) is 4.95. The molecule has 0 spiro atoms. The molecule has 0 saturated heterocycles. The zero-order valence-electron chi connectivity index (χ0n) is 22.2. The summed E-state index contributed by atoms with van der Waals surface area (Å²) in [6.45, 7) is 3.22. The van der Waals surface area contributed by atoms with E-state index in [2.05, 4.69) is 10.0 Å². The van der Waals surface area contributed by atoms with Gasteiger partial charge in [0.1, 0.15) is 12.3 Å². The highest BCUT2D eigenvalue weighted by molar-refractivity contribution is 7.93. The summed E-state index contributed by atoms with van der Waals surface area (Å²) in [5.74, 6) is -0.222. The number of hydrogen-bond acceptors (Lipinski definition) is 6. The van der Waals surface area contributed by atoms with Crippen LogP contribution in [-0.4, -0.2) is 36.4 Å². The number of nitrogens with zero attached hydrogens (tertiary/aromatic N) is 1. The molecule has 0 aliphatic heterocycles. The van der Waals surface area contributed by atoms with Gasteiger partial charge in [0.2, 0.25) is 5.91 Å². The molecule has 0 aliphatic rings. The van der Waals surface area contributed by atoms with Gasteiger partial charge in [-0.25, -0.2) is 16.8 Å². The maximum Gasteiger partial charge on any atom is 0.264 e. The highest BCUT2D eigenvalue weighted by atomic mass is 32.2. The number of anilines is 3. The number of carbonyl (C=O) groups is 1. The molecule has 0 radical (unpaired) electrons. The summed E-state index contributed by atoms with van der Waals surface area (Å²) in [5, 5.41) is 2.65. The lowest BCUT2D eigenvalue weighted by atomic mass is 10.2. The molecule has 9 nitrogen and oxygen atoms in total. The van der Waals surface area contributed by atoms with Crippen molar-refractivity contribution < 1.29 is 26.4 Å². The Kier molecular flexibility index (Phi) is 8.46. The molecule has 208 valence electrons. The summed E-state index contributed by atoms with van der Waals surface area (Å²) < 4.78 is 61.6. The number of methoxy groups -OCH3 is 1. The van der Waals surface area contributed by atoms with Crippen molar-refractivity contribution in [3.63, 3.8) is 0 Å². The molecule has 0 aliphatic carbocycles. The number of carbonyl (C=O) groups excluding carboxylic acids is 1. The van der Waals surface area contributed by atoms with Gasteiger partial charge in [0, 0.05) is 5.69 Å². The number of hydrogen-bond donors (Lipinski definition) is 2. The summed E-state index contributed by atoms with van der Waals surface area (Å²) in [6, 6.07) is 25.4. The van der Waals surface area contributed by atoms with E-state index < -0.39 is 32.5 Å². The molecule has 4 rings (SSSR count). The first-order chi connectivity index (χ1) is 19.0. The van der Waals surface area contributed by atoms with Crippen molar-refractivity contribution in [2.45, 2.75) is 23.6 Å². The molecular formula is C29H29N3O6S2. The Morgan fingerprint density at radius 2 is 1.40 bits per heavy atom. The van der Waals surface area contributed by atoms with E-state index in [9.17, 15) is 21.6 Å². The zero-order valence-corrected chi connectivity index (χ0v) is 23.8. The van der Waals surface area contributed by atoms with Gasteiger partial charge in [-0.3, -0.25) is 13.8 Å². The van der Waals surface area contributed by atoms with Crippen molar-refractivity contribution in [2.24, 2.45) is 0 Å². The topological polar surface area (TPSA) is 122 Å². The third-order valence-corrected chi connectivity index (χ3v) is 9.16. The van der Waals surface area contributed by atoms with Gasteiger partial charge >= 0.3 is 0 Å². The first kappa shape index (κ1) is 28.7. The van der Waals surface area contributed by atoms with Crippen molar-refractivity contribution in [3.8, 4) is 5.75 Å². The molecule has 0 unspecified atom stereocenters. The van der Waals surface area contributed by atoms with Gasteiger partial charge in [-0.05, 0) is 80.1 Å². The molecule has 4 aromatic rings. The van der Waals surface area contributed by atoms with Crippen molar-refractivity contribution in [1.82, 2.24) is 0 Å². The van der Waals surface area contributed by atoms with E-state index in [0.29, 0.717) is 22.8 Å². The molecule has 2 N–H and O–H groups in total. The fraction of sp³-hybridized carbons (Fsp3) is 0.138. The highest BCUT2D eigenvalue weighted by Crippen LogP contribution is 2.28. The minimum absolute atomic E-state index is 0.0259. The summed E-state index contributed by atoms with van der Waals surface area (Å²) in [7, 11) is -6.54. The molecule has 0 atom stereocenters. The number of nitrogens with one attached hydrogen (secondary N) is 2. The number of aryl methyl sites for hydroxylation is 2. The molecule has 0 fully saturated rings. The Bertz CT molecular complexity index is 1710. The molecule has 1 amide bonds. The largest absolute Gasteiger partial charge is 0.495 e. The van der Waals surface area contributed by atoms with E-state index in [4.69, 9.17) is 4.74 Å². The minimum Gasteiger partial charge on any atom is -0.495 e. The van der Waals surface area contributed by atoms with Crippen molar-refractivity contribution >= 4 is 43.0 Å². The lowest BCUT2D eigenvalue weighted by Gasteiger charge is -2.24. The fourth-order valence-electron chi connectivity index (χ4n) is 3.90. The monoisotopic (exact) mass is 579 g/mol. The van der Waals surface area contributed by atoms with Gasteiger partial charge in [0.05, 0.1) is 28.3 Å². The summed E-state index contributed by atoms with van der Waals surface area (Å²) in [6.07, 6.45) is 0. The molecule has 4 aromatic carbocycles. The van der Waals surface area contributed by atoms with Crippen molar-refractivity contribution in [2.75, 3.05) is 28.0 Å². The molecule has 40 heavy (non-hydrogen) atoms. The normalized spacial score (nSPS) is 11.5. The first-order valence-corrected chi connectivity index (χ1v) is 15.1. The van der Waals surface area contributed by atoms with Gasteiger partial charge in [-0.2, -0.15) is 0 Å². The van der Waals surface area contributed by atoms with Crippen LogP contribution >= 0.6 is 0 Å². The van der Waals surface area contributed by atoms with Crippen LogP contribution in [0.1, 0.15) is 11.1 Å². The van der Waals surface area contributed by atoms with Crippen LogP contribution in [0, 0.1) is 13.8 Å². The van der Waals surface area contributed by atoms with E-state index in [1.165, 1.54) is 43.5 Å². The number of sulfonamides is 2. The Morgan fingerprint density at radius 3 is 2.02 bits per heavy atom. The van der Waals surface area contributed by atoms with E-state index in [1.807, 2.05) is 13.8 Å². The van der Waals surface area contributed by atoms with Crippen LogP contribution < -0.4 is 19.1 Å². The van der Waals surface area contributed by atoms with Crippen LogP contribution in [0.2, 0.25) is 0 Å². The Balaban J connectivity index is 1.52. The molecule has 11 heteroatoms. The third kappa shape index (κ3) is 6.61. The SMILES string of the molecule is COc1ccc(C)cc1NS(=O)(=O)c1ccc(NC(=O)CN(c2ccc(C)cc2)S(=O)(=O)c2ccccc2)cc1. The van der Waals surface area contributed by atoms with E-state index in [0.717, 1.165) is 15.4 Å². The first-order valence-electron chi connectivity index (χ1n) is 12.2. The molecule has 0 saturated carbocycles. The molecular weight excluding hydrogens is 550 g/mol.